The number of nitrogens with zero attached hydrogens (tertiary/aromatic N) is 2. The molecule has 1 heterocycles. The summed E-state index contributed by atoms with van der Waals surface area (Å²) in [5.41, 5.74) is 2.49. The van der Waals surface area contributed by atoms with E-state index in [2.05, 4.69) is 15.0 Å². The van der Waals surface area contributed by atoms with Crippen molar-refractivity contribution in [2.45, 2.75) is 6.54 Å². The van der Waals surface area contributed by atoms with Gasteiger partial charge in [0.2, 0.25) is 0 Å². The lowest BCUT2D eigenvalue weighted by Crippen LogP contribution is -2.30. The monoisotopic (exact) mass is 390 g/mol. The Balaban J connectivity index is 2.03. The van der Waals surface area contributed by atoms with Gasteiger partial charge in [-0.3, -0.25) is 4.79 Å². The summed E-state index contributed by atoms with van der Waals surface area (Å²) in [6, 6.07) is 7.05. The van der Waals surface area contributed by atoms with Crippen LogP contribution in [-0.2, 0) is 31.0 Å². The first-order valence-electron chi connectivity index (χ1n) is 7.90. The second-order valence-corrected chi connectivity index (χ2v) is 7.21. The Kier molecular flexibility index (Phi) is 5.22. The smallest absolute Gasteiger partial charge is 0.276 e. The molecule has 0 bridgehead atoms. The Morgan fingerprint density at radius 1 is 1.19 bits per heavy atom. The van der Waals surface area contributed by atoms with Gasteiger partial charge in [0, 0.05) is 17.7 Å². The number of carbonyl (C=O) groups excluding carboxylic acids is 1. The Labute approximate surface area is 156 Å². The van der Waals surface area contributed by atoms with Crippen LogP contribution in [0.4, 0.5) is 0 Å². The summed E-state index contributed by atoms with van der Waals surface area (Å²) in [5.74, 6) is -0.111. The SMILES string of the molecule is COC1=CC2=C(c3cccc(CNS(N)(=O)=O)c3)N=NC(=O)C2C=C1OC. The minimum absolute atomic E-state index is 0.0294. The number of azo groups is 1. The molecule has 1 aromatic rings. The number of nitrogens with one attached hydrogen (secondary N) is 1. The standard InChI is InChI=1S/C17H18N4O5S/c1-25-14-7-12-13(8-15(14)26-2)17(22)21-20-16(12)11-5-3-4-10(6-11)9-19-27(18,23)24/h3-8,13,19H,9H2,1-2H3,(H2,18,23,24). The Hall–Kier alpha value is -2.82. The van der Waals surface area contributed by atoms with Crippen LogP contribution < -0.4 is 9.86 Å². The fraction of sp³-hybridized carbons (Fsp3) is 0.235. The van der Waals surface area contributed by atoms with E-state index in [1.54, 1.807) is 36.4 Å². The van der Waals surface area contributed by atoms with E-state index >= 15 is 0 Å². The van der Waals surface area contributed by atoms with Crippen LogP contribution in [0, 0.1) is 5.92 Å². The molecule has 9 nitrogen and oxygen atoms in total. The van der Waals surface area contributed by atoms with Crippen molar-refractivity contribution in [3.05, 3.63) is 64.6 Å². The van der Waals surface area contributed by atoms with Crippen molar-refractivity contribution < 1.29 is 22.7 Å². The maximum absolute atomic E-state index is 12.2. The Morgan fingerprint density at radius 2 is 1.93 bits per heavy atom. The van der Waals surface area contributed by atoms with Crippen LogP contribution in [0.2, 0.25) is 0 Å². The van der Waals surface area contributed by atoms with Crippen LogP contribution >= 0.6 is 0 Å². The minimum Gasteiger partial charge on any atom is -0.493 e. The van der Waals surface area contributed by atoms with Crippen molar-refractivity contribution in [3.8, 4) is 0 Å². The van der Waals surface area contributed by atoms with Crippen molar-refractivity contribution in [1.82, 2.24) is 4.72 Å². The summed E-state index contributed by atoms with van der Waals surface area (Å²) in [5, 5.41) is 12.8. The van der Waals surface area contributed by atoms with Gasteiger partial charge >= 0.3 is 0 Å². The number of rotatable bonds is 6. The molecule has 0 spiro atoms. The predicted octanol–water partition coefficient (Wildman–Crippen LogP) is 1.37. The molecule has 1 aliphatic carbocycles. The first-order chi connectivity index (χ1) is 12.8. The van der Waals surface area contributed by atoms with Gasteiger partial charge in [-0.25, -0.2) is 5.14 Å². The number of amides is 1. The van der Waals surface area contributed by atoms with Gasteiger partial charge in [-0.05, 0) is 23.8 Å². The maximum atomic E-state index is 12.2. The highest BCUT2D eigenvalue weighted by atomic mass is 32.2. The molecular weight excluding hydrogens is 372 g/mol. The number of methoxy groups -OCH3 is 2. The lowest BCUT2D eigenvalue weighted by Gasteiger charge is -2.24. The molecular formula is C17H18N4O5S. The Bertz CT molecular complexity index is 1010. The Morgan fingerprint density at radius 3 is 2.59 bits per heavy atom. The van der Waals surface area contributed by atoms with Gasteiger partial charge in [0.25, 0.3) is 16.1 Å². The van der Waals surface area contributed by atoms with Crippen LogP contribution in [0.5, 0.6) is 0 Å². The average Bonchev–Trinajstić information content (AvgIpc) is 2.65. The first-order valence-corrected chi connectivity index (χ1v) is 9.45. The normalized spacial score (nSPS) is 19.4. The highest BCUT2D eigenvalue weighted by Crippen LogP contribution is 2.38. The molecule has 0 saturated heterocycles. The second-order valence-electron chi connectivity index (χ2n) is 5.83. The van der Waals surface area contributed by atoms with Gasteiger partial charge in [-0.2, -0.15) is 13.1 Å². The number of carbonyl (C=O) groups is 1. The van der Waals surface area contributed by atoms with E-state index < -0.39 is 22.0 Å². The van der Waals surface area contributed by atoms with Gasteiger partial charge < -0.3 is 9.47 Å². The van der Waals surface area contributed by atoms with Gasteiger partial charge in [-0.1, -0.05) is 18.2 Å². The zero-order valence-electron chi connectivity index (χ0n) is 14.7. The van der Waals surface area contributed by atoms with Crippen molar-refractivity contribution in [1.29, 1.82) is 0 Å². The fourth-order valence-corrected chi connectivity index (χ4v) is 3.20. The first kappa shape index (κ1) is 19.0. The zero-order chi connectivity index (χ0) is 19.6. The van der Waals surface area contributed by atoms with Crippen LogP contribution in [0.15, 0.2) is 63.7 Å². The molecule has 1 atom stereocenters. The summed E-state index contributed by atoms with van der Waals surface area (Å²) in [4.78, 5) is 12.2. The summed E-state index contributed by atoms with van der Waals surface area (Å²) >= 11 is 0. The molecule has 1 unspecified atom stereocenters. The molecule has 1 aromatic carbocycles. The van der Waals surface area contributed by atoms with E-state index in [0.29, 0.717) is 33.9 Å². The lowest BCUT2D eigenvalue weighted by molar-refractivity contribution is -0.120. The maximum Gasteiger partial charge on any atom is 0.276 e. The van der Waals surface area contributed by atoms with E-state index in [4.69, 9.17) is 14.6 Å². The molecule has 0 saturated carbocycles. The highest BCUT2D eigenvalue weighted by Gasteiger charge is 2.32. The molecule has 0 aromatic heterocycles. The largest absolute Gasteiger partial charge is 0.493 e. The van der Waals surface area contributed by atoms with Crippen LogP contribution in [0.1, 0.15) is 11.1 Å². The number of nitrogens with two attached hydrogens (primary N) is 1. The third-order valence-electron chi connectivity index (χ3n) is 4.09. The molecule has 2 aliphatic rings. The predicted molar refractivity (Wildman–Crippen MR) is 96.8 cm³/mol. The summed E-state index contributed by atoms with van der Waals surface area (Å²) in [6.07, 6.45) is 3.34. The molecule has 0 fully saturated rings. The van der Waals surface area contributed by atoms with Gasteiger partial charge in [-0.15, -0.1) is 10.2 Å². The number of hydrogen-bond acceptors (Lipinski definition) is 6. The quantitative estimate of drug-likeness (QED) is 0.757. The fourth-order valence-electron chi connectivity index (χ4n) is 2.83. The van der Waals surface area contributed by atoms with Crippen LogP contribution in [-0.4, -0.2) is 28.5 Å². The molecule has 142 valence electrons. The molecule has 3 rings (SSSR count). The summed E-state index contributed by atoms with van der Waals surface area (Å²) < 4.78 is 35.0. The molecule has 10 heteroatoms. The molecule has 0 radical (unpaired) electrons. The van der Waals surface area contributed by atoms with Gasteiger partial charge in [0.15, 0.2) is 11.5 Å². The minimum atomic E-state index is -3.80. The van der Waals surface area contributed by atoms with Gasteiger partial charge in [0.05, 0.1) is 25.8 Å². The second kappa shape index (κ2) is 7.43. The lowest BCUT2D eigenvalue weighted by atomic mass is 9.88. The number of hydrogen-bond donors (Lipinski definition) is 2. The van der Waals surface area contributed by atoms with E-state index in [0.717, 1.165) is 0 Å². The third-order valence-corrected chi connectivity index (χ3v) is 4.64. The van der Waals surface area contributed by atoms with E-state index in [-0.39, 0.29) is 6.54 Å². The summed E-state index contributed by atoms with van der Waals surface area (Å²) in [7, 11) is -0.806. The number of fused-ring (bicyclic) bond motifs is 1. The van der Waals surface area contributed by atoms with Crippen LogP contribution in [0.3, 0.4) is 0 Å². The van der Waals surface area contributed by atoms with Crippen molar-refractivity contribution in [2.75, 3.05) is 14.2 Å². The highest BCUT2D eigenvalue weighted by molar-refractivity contribution is 7.87. The average molecular weight is 390 g/mol. The van der Waals surface area contributed by atoms with Crippen LogP contribution in [0.25, 0.3) is 5.70 Å². The van der Waals surface area contributed by atoms with E-state index in [1.807, 2.05) is 0 Å². The molecule has 27 heavy (non-hydrogen) atoms. The number of benzene rings is 1. The van der Waals surface area contributed by atoms with Crippen molar-refractivity contribution in [2.24, 2.45) is 21.3 Å². The zero-order valence-corrected chi connectivity index (χ0v) is 15.5. The topological polar surface area (TPSA) is 132 Å². The number of allylic oxidation sites excluding steroid dienone is 1. The summed E-state index contributed by atoms with van der Waals surface area (Å²) in [6.45, 7) is 0.0294. The van der Waals surface area contributed by atoms with Crippen molar-refractivity contribution in [3.63, 3.8) is 0 Å². The third kappa shape index (κ3) is 4.13. The molecule has 1 aliphatic heterocycles. The molecule has 3 N–H and O–H groups in total. The molecule has 1 amide bonds. The van der Waals surface area contributed by atoms with Gasteiger partial charge in [0.1, 0.15) is 0 Å². The van der Waals surface area contributed by atoms with E-state index in [1.165, 1.54) is 14.2 Å². The number of ether oxygens (including phenoxy) is 2. The van der Waals surface area contributed by atoms with Crippen molar-refractivity contribution >= 4 is 21.8 Å². The van der Waals surface area contributed by atoms with E-state index in [9.17, 15) is 13.2 Å².